The quantitative estimate of drug-likeness (QED) is 0.677. The lowest BCUT2D eigenvalue weighted by atomic mass is 9.79. The molecule has 0 bridgehead atoms. The second kappa shape index (κ2) is 7.51. The molecule has 6 nitrogen and oxygen atoms in total. The summed E-state index contributed by atoms with van der Waals surface area (Å²) in [4.78, 5) is 26.6. The highest BCUT2D eigenvalue weighted by atomic mass is 19.1. The van der Waals surface area contributed by atoms with E-state index in [1.54, 1.807) is 6.07 Å². The fraction of sp³-hybridized carbons (Fsp3) is 0.261. The number of carbonyl (C=O) groups is 1. The topological polar surface area (TPSA) is 75.4 Å². The number of aromatic nitrogens is 2. The smallest absolute Gasteiger partial charge is 0.276 e. The van der Waals surface area contributed by atoms with Crippen molar-refractivity contribution < 1.29 is 23.1 Å². The molecule has 1 aromatic heterocycles. The molecular formula is C23H18F3N3O3. The number of carbonyl (C=O) groups excluding carboxylic acids is 1. The zero-order valence-corrected chi connectivity index (χ0v) is 16.7. The minimum Gasteiger partial charge on any atom is -0.502 e. The summed E-state index contributed by atoms with van der Waals surface area (Å²) in [5.74, 6) is -4.67. The Balaban J connectivity index is 1.83. The van der Waals surface area contributed by atoms with Crippen LogP contribution in [0.25, 0.3) is 0 Å². The van der Waals surface area contributed by atoms with Crippen LogP contribution in [-0.2, 0) is 0 Å². The number of rotatable bonds is 3. The Hall–Kier alpha value is -3.62. The summed E-state index contributed by atoms with van der Waals surface area (Å²) in [7, 11) is 0. The van der Waals surface area contributed by atoms with E-state index in [0.717, 1.165) is 18.3 Å². The van der Waals surface area contributed by atoms with E-state index in [2.05, 4.69) is 5.10 Å². The molecule has 2 aromatic carbocycles. The van der Waals surface area contributed by atoms with Crippen LogP contribution in [0, 0.1) is 17.5 Å². The van der Waals surface area contributed by atoms with Crippen molar-refractivity contribution in [2.45, 2.75) is 30.8 Å². The molecule has 0 saturated carbocycles. The standard InChI is InChI=1S/C23H18F3N3O3/c24-13-5-1-4-12(10-13)18(19-14(25)6-2-7-15(19)26)20-16-8-3-9-28(16)23(32)21-22(31)17(30)11-27-29(20)21/h1-2,4-7,10-11,16,18,20,31H,3,8-9H2/t16-,18-,20-/m1/s1. The third-order valence-electron chi connectivity index (χ3n) is 6.29. The second-order valence-corrected chi connectivity index (χ2v) is 8.02. The summed E-state index contributed by atoms with van der Waals surface area (Å²) < 4.78 is 45.4. The number of fused-ring (bicyclic) bond motifs is 2. The molecule has 32 heavy (non-hydrogen) atoms. The molecule has 1 saturated heterocycles. The second-order valence-electron chi connectivity index (χ2n) is 8.02. The van der Waals surface area contributed by atoms with Crippen molar-refractivity contribution in [3.05, 3.63) is 93.2 Å². The third-order valence-corrected chi connectivity index (χ3v) is 6.29. The molecule has 1 N–H and O–H groups in total. The maximum Gasteiger partial charge on any atom is 0.276 e. The fourth-order valence-corrected chi connectivity index (χ4v) is 4.99. The molecule has 2 aliphatic heterocycles. The fourth-order valence-electron chi connectivity index (χ4n) is 4.99. The van der Waals surface area contributed by atoms with Crippen molar-refractivity contribution in [2.75, 3.05) is 6.54 Å². The van der Waals surface area contributed by atoms with Gasteiger partial charge in [0.2, 0.25) is 5.43 Å². The molecule has 1 fully saturated rings. The molecule has 164 valence electrons. The summed E-state index contributed by atoms with van der Waals surface area (Å²) in [6.07, 6.45) is 2.01. The van der Waals surface area contributed by atoms with Gasteiger partial charge in [0.25, 0.3) is 5.91 Å². The lowest BCUT2D eigenvalue weighted by molar-refractivity contribution is 0.0563. The van der Waals surface area contributed by atoms with Crippen molar-refractivity contribution in [1.82, 2.24) is 14.7 Å². The Kier molecular flexibility index (Phi) is 4.76. The number of halogens is 3. The molecule has 9 heteroatoms. The summed E-state index contributed by atoms with van der Waals surface area (Å²) in [5.41, 5.74) is -1.18. The molecular weight excluding hydrogens is 423 g/mol. The van der Waals surface area contributed by atoms with E-state index in [1.807, 2.05) is 0 Å². The Labute approximate surface area is 180 Å². The summed E-state index contributed by atoms with van der Waals surface area (Å²) in [6, 6.07) is 7.46. The SMILES string of the molecule is O=C1c2c(O)c(=O)cnn2[C@@H]([C@H](c2cccc(F)c2)c2c(F)cccc2F)[C@H]2CCCN12. The van der Waals surface area contributed by atoms with Crippen LogP contribution in [0.3, 0.4) is 0 Å². The number of amides is 1. The monoisotopic (exact) mass is 441 g/mol. The highest BCUT2D eigenvalue weighted by Gasteiger charge is 2.49. The largest absolute Gasteiger partial charge is 0.502 e. The number of aromatic hydroxyl groups is 1. The lowest BCUT2D eigenvalue weighted by Crippen LogP contribution is -2.51. The molecule has 1 amide bonds. The van der Waals surface area contributed by atoms with Gasteiger partial charge < -0.3 is 10.0 Å². The van der Waals surface area contributed by atoms with Crippen LogP contribution >= 0.6 is 0 Å². The van der Waals surface area contributed by atoms with Crippen LogP contribution in [0.15, 0.2) is 53.5 Å². The molecule has 5 rings (SSSR count). The van der Waals surface area contributed by atoms with Crippen LogP contribution in [0.5, 0.6) is 5.75 Å². The van der Waals surface area contributed by atoms with Gasteiger partial charge in [-0.1, -0.05) is 18.2 Å². The van der Waals surface area contributed by atoms with Crippen molar-refractivity contribution in [3.8, 4) is 5.75 Å². The number of nitrogens with zero attached hydrogens (tertiary/aromatic N) is 3. The van der Waals surface area contributed by atoms with Gasteiger partial charge in [0.1, 0.15) is 17.5 Å². The highest BCUT2D eigenvalue weighted by Crippen LogP contribution is 2.46. The zero-order valence-electron chi connectivity index (χ0n) is 16.7. The Morgan fingerprint density at radius 2 is 1.78 bits per heavy atom. The molecule has 0 unspecified atom stereocenters. The average molecular weight is 441 g/mol. The minimum atomic E-state index is -1.08. The van der Waals surface area contributed by atoms with Gasteiger partial charge in [-0.3, -0.25) is 14.3 Å². The number of benzene rings is 2. The maximum absolute atomic E-state index is 15.0. The lowest BCUT2D eigenvalue weighted by Gasteiger charge is -2.42. The van der Waals surface area contributed by atoms with E-state index >= 15 is 8.78 Å². The molecule has 3 atom stereocenters. The van der Waals surface area contributed by atoms with Gasteiger partial charge in [0.15, 0.2) is 11.4 Å². The predicted octanol–water partition coefficient (Wildman–Crippen LogP) is 3.36. The van der Waals surface area contributed by atoms with Crippen LogP contribution in [0.4, 0.5) is 13.2 Å². The molecule has 3 heterocycles. The first kappa shape index (κ1) is 20.3. The first-order valence-corrected chi connectivity index (χ1v) is 10.2. The van der Waals surface area contributed by atoms with Gasteiger partial charge in [-0.15, -0.1) is 0 Å². The molecule has 0 radical (unpaired) electrons. The van der Waals surface area contributed by atoms with Crippen LogP contribution < -0.4 is 5.43 Å². The van der Waals surface area contributed by atoms with Gasteiger partial charge in [-0.25, -0.2) is 13.2 Å². The number of hydrogen-bond donors (Lipinski definition) is 1. The Morgan fingerprint density at radius 3 is 2.50 bits per heavy atom. The minimum absolute atomic E-state index is 0.283. The van der Waals surface area contributed by atoms with E-state index in [-0.39, 0.29) is 16.8 Å². The van der Waals surface area contributed by atoms with E-state index in [9.17, 15) is 19.1 Å². The van der Waals surface area contributed by atoms with E-state index in [1.165, 1.54) is 33.8 Å². The zero-order chi connectivity index (χ0) is 22.6. The summed E-state index contributed by atoms with van der Waals surface area (Å²) in [5, 5.41) is 14.5. The Bertz CT molecular complexity index is 1270. The van der Waals surface area contributed by atoms with Crippen LogP contribution in [-0.4, -0.2) is 38.3 Å². The summed E-state index contributed by atoms with van der Waals surface area (Å²) >= 11 is 0. The maximum atomic E-state index is 15.0. The normalized spacial score (nSPS) is 20.7. The van der Waals surface area contributed by atoms with Gasteiger partial charge in [-0.2, -0.15) is 5.10 Å². The molecule has 0 spiro atoms. The molecule has 3 aromatic rings. The first-order valence-electron chi connectivity index (χ1n) is 10.2. The Morgan fingerprint density at radius 1 is 1.06 bits per heavy atom. The van der Waals surface area contributed by atoms with Gasteiger partial charge in [0.05, 0.1) is 18.3 Å². The highest BCUT2D eigenvalue weighted by molar-refractivity contribution is 5.96. The molecule has 2 aliphatic rings. The van der Waals surface area contributed by atoms with Crippen LogP contribution in [0.1, 0.15) is 46.4 Å². The van der Waals surface area contributed by atoms with Crippen LogP contribution in [0.2, 0.25) is 0 Å². The third kappa shape index (κ3) is 2.99. The van der Waals surface area contributed by atoms with Crippen molar-refractivity contribution >= 4 is 5.91 Å². The van der Waals surface area contributed by atoms with E-state index < -0.39 is 52.5 Å². The van der Waals surface area contributed by atoms with Crippen molar-refractivity contribution in [3.63, 3.8) is 0 Å². The van der Waals surface area contributed by atoms with Gasteiger partial charge in [-0.05, 0) is 42.7 Å². The predicted molar refractivity (Wildman–Crippen MR) is 108 cm³/mol. The van der Waals surface area contributed by atoms with Crippen molar-refractivity contribution in [1.29, 1.82) is 0 Å². The number of hydrogen-bond acceptors (Lipinski definition) is 4. The molecule has 0 aliphatic carbocycles. The van der Waals surface area contributed by atoms with E-state index in [0.29, 0.717) is 19.4 Å². The van der Waals surface area contributed by atoms with E-state index in [4.69, 9.17) is 0 Å². The summed E-state index contributed by atoms with van der Waals surface area (Å²) in [6.45, 7) is 0.359. The van der Waals surface area contributed by atoms with Gasteiger partial charge in [0, 0.05) is 18.0 Å². The first-order chi connectivity index (χ1) is 15.4. The average Bonchev–Trinajstić information content (AvgIpc) is 3.25. The van der Waals surface area contributed by atoms with Gasteiger partial charge >= 0.3 is 0 Å². The van der Waals surface area contributed by atoms with Crippen molar-refractivity contribution in [2.24, 2.45) is 0 Å².